The van der Waals surface area contributed by atoms with Crippen LogP contribution in [0.25, 0.3) is 0 Å². The lowest BCUT2D eigenvalue weighted by molar-refractivity contribution is -0.137. The van der Waals surface area contributed by atoms with E-state index in [0.717, 1.165) is 19.3 Å². The van der Waals surface area contributed by atoms with Gasteiger partial charge in [-0.05, 0) is 32.6 Å². The topological polar surface area (TPSA) is 83.6 Å². The summed E-state index contributed by atoms with van der Waals surface area (Å²) in [6, 6.07) is 1.61. The van der Waals surface area contributed by atoms with Crippen molar-refractivity contribution in [3.05, 3.63) is 17.5 Å². The molecule has 1 saturated heterocycles. The largest absolute Gasteiger partial charge is 0.481 e. The summed E-state index contributed by atoms with van der Waals surface area (Å²) in [6.07, 6.45) is 3.43. The standard InChI is InChI=1S/C13H18N2O4/c1-9-8-11(14-19-9)13(18)15-7-3-2-4-10(15)5-6-12(16)17/h8,10H,2-7H2,1H3,(H,16,17)/t10-/m0/s1. The molecule has 0 aliphatic carbocycles. The molecule has 1 aliphatic heterocycles. The molecule has 0 bridgehead atoms. The molecule has 104 valence electrons. The Bertz CT molecular complexity index is 469. The molecule has 6 nitrogen and oxygen atoms in total. The summed E-state index contributed by atoms with van der Waals surface area (Å²) in [5, 5.41) is 12.5. The molecule has 1 N–H and O–H groups in total. The number of likely N-dealkylation sites (tertiary alicyclic amines) is 1. The third kappa shape index (κ3) is 3.33. The minimum absolute atomic E-state index is 0.00523. The molecular formula is C13H18N2O4. The molecular weight excluding hydrogens is 248 g/mol. The normalized spacial score (nSPS) is 19.4. The quantitative estimate of drug-likeness (QED) is 0.899. The number of carboxylic acid groups (broad SMARTS) is 1. The second kappa shape index (κ2) is 5.86. The second-order valence-electron chi connectivity index (χ2n) is 4.90. The van der Waals surface area contributed by atoms with E-state index < -0.39 is 5.97 Å². The first-order valence-electron chi connectivity index (χ1n) is 6.54. The first-order chi connectivity index (χ1) is 9.08. The Balaban J connectivity index is 2.06. The number of hydrogen-bond donors (Lipinski definition) is 1. The lowest BCUT2D eigenvalue weighted by Gasteiger charge is -2.35. The van der Waals surface area contributed by atoms with E-state index in [2.05, 4.69) is 5.16 Å². The molecule has 1 fully saturated rings. The monoisotopic (exact) mass is 266 g/mol. The fourth-order valence-corrected chi connectivity index (χ4v) is 2.47. The van der Waals surface area contributed by atoms with Crippen molar-refractivity contribution in [2.45, 2.75) is 45.1 Å². The zero-order valence-electron chi connectivity index (χ0n) is 11.0. The summed E-state index contributed by atoms with van der Waals surface area (Å²) in [4.78, 5) is 24.7. The first kappa shape index (κ1) is 13.6. The zero-order valence-corrected chi connectivity index (χ0v) is 11.0. The van der Waals surface area contributed by atoms with Crippen molar-refractivity contribution in [1.29, 1.82) is 0 Å². The Morgan fingerprint density at radius 1 is 1.53 bits per heavy atom. The van der Waals surface area contributed by atoms with Crippen LogP contribution in [0.4, 0.5) is 0 Å². The molecule has 2 heterocycles. The fraction of sp³-hybridized carbons (Fsp3) is 0.615. The van der Waals surface area contributed by atoms with Crippen LogP contribution in [-0.4, -0.2) is 39.6 Å². The lowest BCUT2D eigenvalue weighted by atomic mass is 9.97. The van der Waals surface area contributed by atoms with Gasteiger partial charge < -0.3 is 14.5 Å². The van der Waals surface area contributed by atoms with Crippen LogP contribution in [0.1, 0.15) is 48.4 Å². The number of hydrogen-bond acceptors (Lipinski definition) is 4. The van der Waals surface area contributed by atoms with Gasteiger partial charge in [0, 0.05) is 25.1 Å². The first-order valence-corrected chi connectivity index (χ1v) is 6.54. The van der Waals surface area contributed by atoms with Gasteiger partial charge in [0.1, 0.15) is 5.76 Å². The summed E-state index contributed by atoms with van der Waals surface area (Å²) in [6.45, 7) is 2.40. The maximum atomic E-state index is 12.3. The van der Waals surface area contributed by atoms with Gasteiger partial charge in [-0.25, -0.2) is 0 Å². The summed E-state index contributed by atoms with van der Waals surface area (Å²) in [7, 11) is 0. The molecule has 0 saturated carbocycles. The summed E-state index contributed by atoms with van der Waals surface area (Å²) in [5.74, 6) is -0.385. The number of rotatable bonds is 4. The van der Waals surface area contributed by atoms with Crippen molar-refractivity contribution in [1.82, 2.24) is 10.1 Å². The molecule has 2 rings (SSSR count). The van der Waals surface area contributed by atoms with Crippen molar-refractivity contribution < 1.29 is 19.2 Å². The Morgan fingerprint density at radius 3 is 2.95 bits per heavy atom. The third-order valence-corrected chi connectivity index (χ3v) is 3.43. The number of aryl methyl sites for hydroxylation is 1. The average Bonchev–Trinajstić information content (AvgIpc) is 2.82. The molecule has 1 aromatic rings. The molecule has 19 heavy (non-hydrogen) atoms. The molecule has 1 atom stereocenters. The van der Waals surface area contributed by atoms with Crippen LogP contribution in [0.2, 0.25) is 0 Å². The molecule has 0 aromatic carbocycles. The van der Waals surface area contributed by atoms with Gasteiger partial charge in [0.15, 0.2) is 5.69 Å². The molecule has 0 spiro atoms. The van der Waals surface area contributed by atoms with Gasteiger partial charge in [-0.3, -0.25) is 9.59 Å². The summed E-state index contributed by atoms with van der Waals surface area (Å²) in [5.41, 5.74) is 0.305. The highest BCUT2D eigenvalue weighted by atomic mass is 16.5. The van der Waals surface area contributed by atoms with Gasteiger partial charge in [0.05, 0.1) is 0 Å². The Labute approximate surface area is 111 Å². The van der Waals surface area contributed by atoms with Crippen LogP contribution in [-0.2, 0) is 4.79 Å². The molecule has 6 heteroatoms. The number of piperidine rings is 1. The van der Waals surface area contributed by atoms with Gasteiger partial charge in [-0.2, -0.15) is 0 Å². The SMILES string of the molecule is Cc1cc(C(=O)N2CCCC[C@H]2CCC(=O)O)no1. The van der Waals surface area contributed by atoms with Gasteiger partial charge in [-0.1, -0.05) is 5.16 Å². The predicted molar refractivity (Wildman–Crippen MR) is 66.8 cm³/mol. The minimum Gasteiger partial charge on any atom is -0.481 e. The van der Waals surface area contributed by atoms with E-state index in [-0.39, 0.29) is 18.4 Å². The number of aromatic nitrogens is 1. The third-order valence-electron chi connectivity index (χ3n) is 3.43. The van der Waals surface area contributed by atoms with Crippen molar-refractivity contribution in [3.63, 3.8) is 0 Å². The Morgan fingerprint density at radius 2 is 2.32 bits per heavy atom. The predicted octanol–water partition coefficient (Wildman–Crippen LogP) is 1.84. The number of carboxylic acids is 1. The summed E-state index contributed by atoms with van der Waals surface area (Å²) < 4.78 is 4.92. The second-order valence-corrected chi connectivity index (χ2v) is 4.90. The molecule has 1 aliphatic rings. The number of nitrogens with zero attached hydrogens (tertiary/aromatic N) is 2. The van der Waals surface area contributed by atoms with Crippen LogP contribution < -0.4 is 0 Å². The average molecular weight is 266 g/mol. The van der Waals surface area contributed by atoms with E-state index in [1.807, 2.05) is 0 Å². The summed E-state index contributed by atoms with van der Waals surface area (Å²) >= 11 is 0. The van der Waals surface area contributed by atoms with E-state index in [9.17, 15) is 9.59 Å². The van der Waals surface area contributed by atoms with E-state index >= 15 is 0 Å². The van der Waals surface area contributed by atoms with Crippen LogP contribution in [0, 0.1) is 6.92 Å². The van der Waals surface area contributed by atoms with Gasteiger partial charge in [0.25, 0.3) is 5.91 Å². The molecule has 1 amide bonds. The maximum Gasteiger partial charge on any atom is 0.303 e. The van der Waals surface area contributed by atoms with Crippen LogP contribution in [0.5, 0.6) is 0 Å². The molecule has 0 unspecified atom stereocenters. The van der Waals surface area contributed by atoms with Gasteiger partial charge >= 0.3 is 5.97 Å². The van der Waals surface area contributed by atoms with E-state index in [4.69, 9.17) is 9.63 Å². The van der Waals surface area contributed by atoms with Crippen LogP contribution in [0.3, 0.4) is 0 Å². The van der Waals surface area contributed by atoms with Crippen molar-refractivity contribution in [2.75, 3.05) is 6.54 Å². The maximum absolute atomic E-state index is 12.3. The fourth-order valence-electron chi connectivity index (χ4n) is 2.47. The lowest BCUT2D eigenvalue weighted by Crippen LogP contribution is -2.44. The van der Waals surface area contributed by atoms with Crippen molar-refractivity contribution in [2.24, 2.45) is 0 Å². The number of carbonyl (C=O) groups is 2. The number of carbonyl (C=O) groups excluding carboxylic acids is 1. The highest BCUT2D eigenvalue weighted by Crippen LogP contribution is 2.23. The minimum atomic E-state index is -0.824. The van der Waals surface area contributed by atoms with Gasteiger partial charge in [0.2, 0.25) is 0 Å². The number of amides is 1. The number of aliphatic carboxylic acids is 1. The van der Waals surface area contributed by atoms with Crippen LogP contribution in [0.15, 0.2) is 10.6 Å². The highest BCUT2D eigenvalue weighted by Gasteiger charge is 2.29. The smallest absolute Gasteiger partial charge is 0.303 e. The Hall–Kier alpha value is -1.85. The van der Waals surface area contributed by atoms with E-state index in [0.29, 0.717) is 24.4 Å². The molecule has 0 radical (unpaired) electrons. The highest BCUT2D eigenvalue weighted by molar-refractivity contribution is 5.92. The van der Waals surface area contributed by atoms with Gasteiger partial charge in [-0.15, -0.1) is 0 Å². The van der Waals surface area contributed by atoms with Crippen molar-refractivity contribution >= 4 is 11.9 Å². The van der Waals surface area contributed by atoms with E-state index in [1.165, 1.54) is 0 Å². The van der Waals surface area contributed by atoms with Crippen molar-refractivity contribution in [3.8, 4) is 0 Å². The Kier molecular flexibility index (Phi) is 4.19. The molecule has 1 aromatic heterocycles. The van der Waals surface area contributed by atoms with E-state index in [1.54, 1.807) is 17.9 Å². The van der Waals surface area contributed by atoms with Crippen LogP contribution >= 0.6 is 0 Å². The zero-order chi connectivity index (χ0) is 13.8.